The Hall–Kier alpha value is -2.82. The molecule has 2 aromatic carbocycles. The summed E-state index contributed by atoms with van der Waals surface area (Å²) in [6.07, 6.45) is -0.928. The number of carbonyl (C=O) groups is 2. The summed E-state index contributed by atoms with van der Waals surface area (Å²) >= 11 is 0. The highest BCUT2D eigenvalue weighted by Gasteiger charge is 2.19. The number of hydrogen-bond donors (Lipinski definition) is 2. The Morgan fingerprint density at radius 2 is 1.64 bits per heavy atom. The van der Waals surface area contributed by atoms with Crippen LogP contribution in [0.2, 0.25) is 0 Å². The molecule has 0 heterocycles. The Morgan fingerprint density at radius 3 is 2.23 bits per heavy atom. The summed E-state index contributed by atoms with van der Waals surface area (Å²) in [7, 11) is 0. The van der Waals surface area contributed by atoms with E-state index in [0.717, 1.165) is 5.56 Å². The van der Waals surface area contributed by atoms with Crippen LogP contribution >= 0.6 is 0 Å². The zero-order valence-corrected chi connectivity index (χ0v) is 12.4. The number of ether oxygens (including phenoxy) is 1. The number of phenolic OH excluding ortho intramolecular Hbond substituents is 1. The summed E-state index contributed by atoms with van der Waals surface area (Å²) in [6.45, 7) is 3.45. The van der Waals surface area contributed by atoms with E-state index >= 15 is 0 Å². The summed E-state index contributed by atoms with van der Waals surface area (Å²) in [5, 5.41) is 11.9. The highest BCUT2D eigenvalue weighted by molar-refractivity contribution is 5.97. The smallest absolute Gasteiger partial charge is 0.338 e. The van der Waals surface area contributed by atoms with Gasteiger partial charge in [0.2, 0.25) is 0 Å². The number of aromatic hydroxyl groups is 1. The molecule has 1 amide bonds. The maximum absolute atomic E-state index is 12.0. The molecule has 0 aliphatic heterocycles. The van der Waals surface area contributed by atoms with Crippen LogP contribution in [0, 0.1) is 6.92 Å². The van der Waals surface area contributed by atoms with Gasteiger partial charge in [0, 0.05) is 5.69 Å². The molecule has 1 atom stereocenters. The van der Waals surface area contributed by atoms with E-state index in [1.807, 2.05) is 19.1 Å². The van der Waals surface area contributed by atoms with Gasteiger partial charge in [-0.15, -0.1) is 0 Å². The molecule has 0 spiro atoms. The lowest BCUT2D eigenvalue weighted by Gasteiger charge is -2.13. The summed E-state index contributed by atoms with van der Waals surface area (Å²) in [5.74, 6) is -0.968. The lowest BCUT2D eigenvalue weighted by Crippen LogP contribution is -2.29. The Morgan fingerprint density at radius 1 is 1.05 bits per heavy atom. The number of phenols is 1. The van der Waals surface area contributed by atoms with Crippen LogP contribution in [0.5, 0.6) is 5.75 Å². The monoisotopic (exact) mass is 299 g/mol. The lowest BCUT2D eigenvalue weighted by atomic mass is 10.2. The predicted molar refractivity (Wildman–Crippen MR) is 82.8 cm³/mol. The van der Waals surface area contributed by atoms with Crippen molar-refractivity contribution in [3.63, 3.8) is 0 Å². The van der Waals surface area contributed by atoms with Crippen LogP contribution in [0.15, 0.2) is 48.5 Å². The molecule has 0 saturated heterocycles. The zero-order valence-electron chi connectivity index (χ0n) is 12.4. The van der Waals surface area contributed by atoms with Crippen LogP contribution in [-0.4, -0.2) is 23.1 Å². The van der Waals surface area contributed by atoms with Gasteiger partial charge >= 0.3 is 5.97 Å². The van der Waals surface area contributed by atoms with Gasteiger partial charge in [-0.1, -0.05) is 17.7 Å². The summed E-state index contributed by atoms with van der Waals surface area (Å²) < 4.78 is 5.10. The fourth-order valence-corrected chi connectivity index (χ4v) is 1.76. The molecule has 2 rings (SSSR count). The maximum Gasteiger partial charge on any atom is 0.338 e. The Bertz CT molecular complexity index is 662. The van der Waals surface area contributed by atoms with Gasteiger partial charge < -0.3 is 15.2 Å². The van der Waals surface area contributed by atoms with Crippen molar-refractivity contribution < 1.29 is 19.4 Å². The third kappa shape index (κ3) is 4.09. The van der Waals surface area contributed by atoms with Crippen molar-refractivity contribution in [1.82, 2.24) is 0 Å². The Labute approximate surface area is 128 Å². The normalized spacial score (nSPS) is 11.5. The molecule has 2 N–H and O–H groups in total. The summed E-state index contributed by atoms with van der Waals surface area (Å²) in [4.78, 5) is 23.9. The molecule has 2 aromatic rings. The van der Waals surface area contributed by atoms with Gasteiger partial charge in [0.15, 0.2) is 6.10 Å². The second kappa shape index (κ2) is 6.76. The maximum atomic E-state index is 12.0. The quantitative estimate of drug-likeness (QED) is 0.851. The highest BCUT2D eigenvalue weighted by atomic mass is 16.5. The van der Waals surface area contributed by atoms with Gasteiger partial charge in [0.05, 0.1) is 5.56 Å². The van der Waals surface area contributed by atoms with Crippen molar-refractivity contribution in [2.45, 2.75) is 20.0 Å². The van der Waals surface area contributed by atoms with Crippen molar-refractivity contribution in [2.24, 2.45) is 0 Å². The van der Waals surface area contributed by atoms with E-state index in [0.29, 0.717) is 5.69 Å². The van der Waals surface area contributed by atoms with E-state index in [-0.39, 0.29) is 11.3 Å². The van der Waals surface area contributed by atoms with E-state index in [2.05, 4.69) is 5.32 Å². The SMILES string of the molecule is Cc1ccc(NC(=O)[C@@H](C)OC(=O)c2ccc(O)cc2)cc1. The van der Waals surface area contributed by atoms with Crippen LogP contribution in [0.25, 0.3) is 0 Å². The first kappa shape index (κ1) is 15.6. The van der Waals surface area contributed by atoms with Crippen LogP contribution in [0.4, 0.5) is 5.69 Å². The minimum absolute atomic E-state index is 0.0571. The fraction of sp³-hybridized carbons (Fsp3) is 0.176. The molecule has 22 heavy (non-hydrogen) atoms. The number of benzene rings is 2. The average molecular weight is 299 g/mol. The fourth-order valence-electron chi connectivity index (χ4n) is 1.76. The molecule has 5 nitrogen and oxygen atoms in total. The van der Waals surface area contributed by atoms with Gasteiger partial charge in [-0.25, -0.2) is 4.79 Å². The molecular weight excluding hydrogens is 282 g/mol. The topological polar surface area (TPSA) is 75.6 Å². The van der Waals surface area contributed by atoms with Crippen LogP contribution in [-0.2, 0) is 9.53 Å². The number of anilines is 1. The first-order valence-electron chi connectivity index (χ1n) is 6.83. The molecule has 0 unspecified atom stereocenters. The largest absolute Gasteiger partial charge is 0.508 e. The summed E-state index contributed by atoms with van der Waals surface area (Å²) in [5.41, 5.74) is 2.00. The number of rotatable bonds is 4. The first-order chi connectivity index (χ1) is 10.5. The number of carbonyl (C=O) groups excluding carboxylic acids is 2. The molecule has 0 aliphatic rings. The number of amides is 1. The molecule has 0 aliphatic carbocycles. The number of nitrogens with one attached hydrogen (secondary N) is 1. The molecule has 5 heteroatoms. The highest BCUT2D eigenvalue weighted by Crippen LogP contribution is 2.13. The Balaban J connectivity index is 1.94. The number of aryl methyl sites for hydroxylation is 1. The van der Waals surface area contributed by atoms with Crippen molar-refractivity contribution in [3.8, 4) is 5.75 Å². The van der Waals surface area contributed by atoms with Crippen molar-refractivity contribution in [2.75, 3.05) is 5.32 Å². The second-order valence-corrected chi connectivity index (χ2v) is 4.95. The molecule has 0 aromatic heterocycles. The van der Waals surface area contributed by atoms with Gasteiger partial charge in [-0.05, 0) is 50.2 Å². The standard InChI is InChI=1S/C17H17NO4/c1-11-3-7-14(8-4-11)18-16(20)12(2)22-17(21)13-5-9-15(19)10-6-13/h3-10,12,19H,1-2H3,(H,18,20)/t12-/m1/s1. The minimum atomic E-state index is -0.928. The third-order valence-corrected chi connectivity index (χ3v) is 3.08. The Kier molecular flexibility index (Phi) is 4.78. The first-order valence-corrected chi connectivity index (χ1v) is 6.83. The van der Waals surface area contributed by atoms with Crippen molar-refractivity contribution in [3.05, 3.63) is 59.7 Å². The molecule has 114 valence electrons. The third-order valence-electron chi connectivity index (χ3n) is 3.08. The van der Waals surface area contributed by atoms with Gasteiger partial charge in [-0.2, -0.15) is 0 Å². The van der Waals surface area contributed by atoms with Gasteiger partial charge in [-0.3, -0.25) is 4.79 Å². The zero-order chi connectivity index (χ0) is 16.1. The molecule has 0 saturated carbocycles. The minimum Gasteiger partial charge on any atom is -0.508 e. The van der Waals surface area contributed by atoms with Crippen molar-refractivity contribution in [1.29, 1.82) is 0 Å². The van der Waals surface area contributed by atoms with Crippen LogP contribution in [0.1, 0.15) is 22.8 Å². The molecule has 0 bridgehead atoms. The molecule has 0 fully saturated rings. The van der Waals surface area contributed by atoms with Gasteiger partial charge in [0.25, 0.3) is 5.91 Å². The van der Waals surface area contributed by atoms with Gasteiger partial charge in [0.1, 0.15) is 5.75 Å². The molecular formula is C17H17NO4. The number of hydrogen-bond acceptors (Lipinski definition) is 4. The predicted octanol–water partition coefficient (Wildman–Crippen LogP) is 2.88. The van der Waals surface area contributed by atoms with E-state index in [9.17, 15) is 14.7 Å². The average Bonchev–Trinajstić information content (AvgIpc) is 2.50. The van der Waals surface area contributed by atoms with E-state index in [4.69, 9.17) is 4.74 Å². The van der Waals surface area contributed by atoms with Crippen LogP contribution < -0.4 is 5.32 Å². The van der Waals surface area contributed by atoms with E-state index < -0.39 is 18.0 Å². The summed E-state index contributed by atoms with van der Waals surface area (Å²) in [6, 6.07) is 12.9. The van der Waals surface area contributed by atoms with Crippen LogP contribution in [0.3, 0.4) is 0 Å². The second-order valence-electron chi connectivity index (χ2n) is 4.95. The molecule has 0 radical (unpaired) electrons. The lowest BCUT2D eigenvalue weighted by molar-refractivity contribution is -0.123. The van der Waals surface area contributed by atoms with Crippen molar-refractivity contribution >= 4 is 17.6 Å². The number of esters is 1. The van der Waals surface area contributed by atoms with E-state index in [1.54, 1.807) is 12.1 Å². The van der Waals surface area contributed by atoms with E-state index in [1.165, 1.54) is 31.2 Å².